The average molecular weight is 561 g/mol. The van der Waals surface area contributed by atoms with Gasteiger partial charge in [0.1, 0.15) is 6.61 Å². The molecule has 0 fully saturated rings. The summed E-state index contributed by atoms with van der Waals surface area (Å²) in [7, 11) is -4.73. The van der Waals surface area contributed by atoms with Crippen LogP contribution in [-0.4, -0.2) is 41.0 Å². The zero-order valence-corrected chi connectivity index (χ0v) is 24.7. The Bertz CT molecular complexity index is 686. The second kappa shape index (κ2) is 25.8. The molecule has 0 aromatic heterocycles. The summed E-state index contributed by atoms with van der Waals surface area (Å²) in [6.45, 7) is 3.50. The fourth-order valence-electron chi connectivity index (χ4n) is 3.75. The van der Waals surface area contributed by atoms with E-state index in [9.17, 15) is 14.2 Å². The van der Waals surface area contributed by atoms with Gasteiger partial charge in [0, 0.05) is 12.8 Å². The molecule has 0 aliphatic rings. The summed E-state index contributed by atoms with van der Waals surface area (Å²) < 4.78 is 25.9. The normalized spacial score (nSPS) is 12.8. The first-order chi connectivity index (χ1) is 18.3. The van der Waals surface area contributed by atoms with Crippen molar-refractivity contribution in [1.82, 2.24) is 0 Å². The maximum absolute atomic E-state index is 12.2. The lowest BCUT2D eigenvalue weighted by atomic mass is 10.1. The molecule has 38 heavy (non-hydrogen) atoms. The highest BCUT2D eigenvalue weighted by atomic mass is 31.2. The monoisotopic (exact) mass is 560 g/mol. The van der Waals surface area contributed by atoms with Gasteiger partial charge in [0.05, 0.1) is 6.61 Å². The highest BCUT2D eigenvalue weighted by Crippen LogP contribution is 2.35. The summed E-state index contributed by atoms with van der Waals surface area (Å²) in [6.07, 6.45) is 25.2. The molecule has 0 amide bonds. The van der Waals surface area contributed by atoms with E-state index >= 15 is 0 Å². The van der Waals surface area contributed by atoms with E-state index in [0.717, 1.165) is 70.6 Å². The predicted molar refractivity (Wildman–Crippen MR) is 152 cm³/mol. The van der Waals surface area contributed by atoms with Crippen LogP contribution in [0.1, 0.15) is 129 Å². The number of esters is 2. The number of carbonyl (C=O) groups is 2. The summed E-state index contributed by atoms with van der Waals surface area (Å²) >= 11 is 0. The van der Waals surface area contributed by atoms with E-state index < -0.39 is 32.5 Å². The van der Waals surface area contributed by atoms with Gasteiger partial charge < -0.3 is 19.3 Å². The van der Waals surface area contributed by atoms with Crippen LogP contribution >= 0.6 is 7.82 Å². The van der Waals surface area contributed by atoms with Crippen molar-refractivity contribution in [3.8, 4) is 0 Å². The summed E-state index contributed by atoms with van der Waals surface area (Å²) in [5, 5.41) is 0. The van der Waals surface area contributed by atoms with Crippen LogP contribution < -0.4 is 0 Å². The van der Waals surface area contributed by atoms with E-state index in [4.69, 9.17) is 19.3 Å². The van der Waals surface area contributed by atoms with Crippen molar-refractivity contribution in [1.29, 1.82) is 0 Å². The van der Waals surface area contributed by atoms with Crippen molar-refractivity contribution in [2.45, 2.75) is 136 Å². The lowest BCUT2D eigenvalue weighted by molar-refractivity contribution is -0.161. The molecular weight excluding hydrogens is 507 g/mol. The Hall–Kier alpha value is -1.47. The molecular formula is C29H53O8P. The number of rotatable bonds is 26. The van der Waals surface area contributed by atoms with Crippen molar-refractivity contribution in [2.75, 3.05) is 13.2 Å². The van der Waals surface area contributed by atoms with Gasteiger partial charge in [0.2, 0.25) is 0 Å². The third kappa shape index (κ3) is 27.6. The number of hydrogen-bond acceptors (Lipinski definition) is 6. The molecule has 0 rings (SSSR count). The molecule has 0 spiro atoms. The fourth-order valence-corrected chi connectivity index (χ4v) is 4.11. The van der Waals surface area contributed by atoms with Crippen molar-refractivity contribution in [3.05, 3.63) is 24.3 Å². The van der Waals surface area contributed by atoms with Gasteiger partial charge in [-0.2, -0.15) is 0 Å². The third-order valence-electron chi connectivity index (χ3n) is 5.97. The van der Waals surface area contributed by atoms with E-state index in [0.29, 0.717) is 6.42 Å². The average Bonchev–Trinajstić information content (AvgIpc) is 2.87. The highest BCUT2D eigenvalue weighted by molar-refractivity contribution is 7.46. The number of phosphoric acid groups is 1. The molecule has 0 saturated carbocycles. The van der Waals surface area contributed by atoms with Crippen LogP contribution in [-0.2, 0) is 28.2 Å². The molecule has 0 aromatic rings. The maximum Gasteiger partial charge on any atom is 0.469 e. The van der Waals surface area contributed by atoms with Crippen LogP contribution in [0.4, 0.5) is 0 Å². The molecule has 0 aromatic carbocycles. The van der Waals surface area contributed by atoms with E-state index in [2.05, 4.69) is 42.7 Å². The van der Waals surface area contributed by atoms with Crippen molar-refractivity contribution < 1.29 is 37.9 Å². The second-order valence-electron chi connectivity index (χ2n) is 9.73. The minimum absolute atomic E-state index is 0.197. The zero-order chi connectivity index (χ0) is 28.3. The Morgan fingerprint density at radius 2 is 1.18 bits per heavy atom. The smallest absolute Gasteiger partial charge is 0.462 e. The molecule has 0 aliphatic carbocycles. The Morgan fingerprint density at radius 1 is 0.684 bits per heavy atom. The van der Waals surface area contributed by atoms with E-state index in [1.165, 1.54) is 25.7 Å². The first-order valence-electron chi connectivity index (χ1n) is 14.6. The second-order valence-corrected chi connectivity index (χ2v) is 11.0. The molecule has 0 bridgehead atoms. The number of hydrogen-bond donors (Lipinski definition) is 2. The minimum atomic E-state index is -4.73. The summed E-state index contributed by atoms with van der Waals surface area (Å²) in [5.41, 5.74) is 0. The minimum Gasteiger partial charge on any atom is -0.462 e. The number of carbonyl (C=O) groups excluding carboxylic acids is 2. The van der Waals surface area contributed by atoms with Gasteiger partial charge in [-0.05, 0) is 44.9 Å². The van der Waals surface area contributed by atoms with E-state index in [1.54, 1.807) is 0 Å². The number of allylic oxidation sites excluding steroid dienone is 4. The van der Waals surface area contributed by atoms with Crippen molar-refractivity contribution >= 4 is 19.8 Å². The molecule has 2 N–H and O–H groups in total. The SMILES string of the molecule is CCCCC/C=C\C/C=C\CCCCCCCC(=O)OC(COC(=O)CCCCCCC)COP(=O)(O)O. The van der Waals surface area contributed by atoms with Gasteiger partial charge in [-0.1, -0.05) is 95.9 Å². The summed E-state index contributed by atoms with van der Waals surface area (Å²) in [4.78, 5) is 42.0. The quantitative estimate of drug-likeness (QED) is 0.0477. The maximum atomic E-state index is 12.2. The molecule has 0 radical (unpaired) electrons. The Labute approximate surface area is 230 Å². The van der Waals surface area contributed by atoms with Crippen molar-refractivity contribution in [3.63, 3.8) is 0 Å². The fraction of sp³-hybridized carbons (Fsp3) is 0.793. The molecule has 1 unspecified atom stereocenters. The van der Waals surface area contributed by atoms with Gasteiger partial charge in [0.25, 0.3) is 0 Å². The number of unbranched alkanes of at least 4 members (excludes halogenated alkanes) is 12. The van der Waals surface area contributed by atoms with Crippen LogP contribution in [0.2, 0.25) is 0 Å². The molecule has 222 valence electrons. The first-order valence-corrected chi connectivity index (χ1v) is 16.2. The molecule has 0 saturated heterocycles. The Balaban J connectivity index is 4.04. The Morgan fingerprint density at radius 3 is 1.79 bits per heavy atom. The molecule has 0 heterocycles. The van der Waals surface area contributed by atoms with E-state index in [-0.39, 0.29) is 19.4 Å². The van der Waals surface area contributed by atoms with Gasteiger partial charge >= 0.3 is 19.8 Å². The van der Waals surface area contributed by atoms with E-state index in [1.807, 2.05) is 0 Å². The lowest BCUT2D eigenvalue weighted by Gasteiger charge is -2.18. The van der Waals surface area contributed by atoms with Crippen molar-refractivity contribution in [2.24, 2.45) is 0 Å². The number of ether oxygens (including phenoxy) is 2. The van der Waals surface area contributed by atoms with Crippen LogP contribution in [0.25, 0.3) is 0 Å². The largest absolute Gasteiger partial charge is 0.469 e. The molecule has 1 atom stereocenters. The molecule has 0 aliphatic heterocycles. The third-order valence-corrected chi connectivity index (χ3v) is 6.46. The number of phosphoric ester groups is 1. The van der Waals surface area contributed by atoms with Gasteiger partial charge in [-0.15, -0.1) is 0 Å². The van der Waals surface area contributed by atoms with Gasteiger partial charge in [-0.3, -0.25) is 14.1 Å². The molecule has 8 nitrogen and oxygen atoms in total. The summed E-state index contributed by atoms with van der Waals surface area (Å²) in [6, 6.07) is 0. The predicted octanol–water partition coefficient (Wildman–Crippen LogP) is 7.72. The summed E-state index contributed by atoms with van der Waals surface area (Å²) in [5.74, 6) is -0.918. The Kier molecular flexibility index (Phi) is 24.8. The highest BCUT2D eigenvalue weighted by Gasteiger charge is 2.22. The van der Waals surface area contributed by atoms with Crippen LogP contribution in [0.3, 0.4) is 0 Å². The standard InChI is InChI=1S/C29H53O8P/c1-3-5-7-9-10-11-12-13-14-15-16-17-18-20-22-24-29(31)37-27(26-36-38(32,33)34)25-35-28(30)23-21-19-8-6-4-2/h10-11,13-14,27H,3-9,12,15-26H2,1-2H3,(H2,32,33,34)/b11-10-,14-13-. The van der Waals surface area contributed by atoms with Crippen LogP contribution in [0.5, 0.6) is 0 Å². The lowest BCUT2D eigenvalue weighted by Crippen LogP contribution is -2.29. The first kappa shape index (κ1) is 36.5. The van der Waals surface area contributed by atoms with Crippen LogP contribution in [0.15, 0.2) is 24.3 Å². The van der Waals surface area contributed by atoms with Crippen LogP contribution in [0, 0.1) is 0 Å². The van der Waals surface area contributed by atoms with Gasteiger partial charge in [0.15, 0.2) is 6.10 Å². The zero-order valence-electron chi connectivity index (χ0n) is 23.8. The topological polar surface area (TPSA) is 119 Å². The van der Waals surface area contributed by atoms with Gasteiger partial charge in [-0.25, -0.2) is 4.57 Å². The molecule has 9 heteroatoms.